The van der Waals surface area contributed by atoms with Gasteiger partial charge in [0, 0.05) is 25.3 Å². The summed E-state index contributed by atoms with van der Waals surface area (Å²) in [5.41, 5.74) is 0.195. The van der Waals surface area contributed by atoms with Crippen LogP contribution in [0.1, 0.15) is 40.0 Å². The highest BCUT2D eigenvalue weighted by Crippen LogP contribution is 2.23. The van der Waals surface area contributed by atoms with E-state index in [0.717, 1.165) is 26.1 Å². The van der Waals surface area contributed by atoms with E-state index in [4.69, 9.17) is 9.84 Å². The van der Waals surface area contributed by atoms with Crippen molar-refractivity contribution in [3.63, 3.8) is 0 Å². The average molecular weight is 215 g/mol. The minimum atomic E-state index is 0.195. The molecule has 1 rings (SSSR count). The highest BCUT2D eigenvalue weighted by molar-refractivity contribution is 4.84. The quantitative estimate of drug-likeness (QED) is 0.747. The maximum atomic E-state index is 9.06. The molecule has 1 fully saturated rings. The van der Waals surface area contributed by atoms with Crippen LogP contribution in [0.5, 0.6) is 0 Å². The lowest BCUT2D eigenvalue weighted by molar-refractivity contribution is 0.0559. The standard InChI is InChI=1S/C12H25NO2/c1-12(2,3)11(6-7-14)13-10-5-4-8-15-9-10/h10-11,13-14H,4-9H2,1-3H3. The average Bonchev–Trinajstić information content (AvgIpc) is 2.17. The molecule has 0 spiro atoms. The van der Waals surface area contributed by atoms with Gasteiger partial charge in [-0.15, -0.1) is 0 Å². The van der Waals surface area contributed by atoms with E-state index in [2.05, 4.69) is 26.1 Å². The van der Waals surface area contributed by atoms with Crippen LogP contribution in [0, 0.1) is 5.41 Å². The Morgan fingerprint density at radius 3 is 2.67 bits per heavy atom. The molecular weight excluding hydrogens is 190 g/mol. The highest BCUT2D eigenvalue weighted by atomic mass is 16.5. The fraction of sp³-hybridized carbons (Fsp3) is 1.00. The van der Waals surface area contributed by atoms with Crippen LogP contribution in [0.15, 0.2) is 0 Å². The lowest BCUT2D eigenvalue weighted by Gasteiger charge is -2.36. The molecule has 0 aromatic rings. The largest absolute Gasteiger partial charge is 0.396 e. The second-order valence-corrected chi connectivity index (χ2v) is 5.51. The Kier molecular flexibility index (Phi) is 5.03. The van der Waals surface area contributed by atoms with Crippen molar-refractivity contribution >= 4 is 0 Å². The molecule has 2 atom stereocenters. The second-order valence-electron chi connectivity index (χ2n) is 5.51. The van der Waals surface area contributed by atoms with Gasteiger partial charge in [0.1, 0.15) is 0 Å². The van der Waals surface area contributed by atoms with Crippen LogP contribution in [0.3, 0.4) is 0 Å². The maximum Gasteiger partial charge on any atom is 0.0619 e. The molecule has 15 heavy (non-hydrogen) atoms. The minimum Gasteiger partial charge on any atom is -0.396 e. The Hall–Kier alpha value is -0.120. The molecule has 90 valence electrons. The van der Waals surface area contributed by atoms with Crippen molar-refractivity contribution in [2.24, 2.45) is 5.41 Å². The van der Waals surface area contributed by atoms with E-state index in [1.807, 2.05) is 0 Å². The van der Waals surface area contributed by atoms with Crippen molar-refractivity contribution in [1.29, 1.82) is 0 Å². The second kappa shape index (κ2) is 5.83. The van der Waals surface area contributed by atoms with Crippen LogP contribution in [-0.2, 0) is 4.74 Å². The Morgan fingerprint density at radius 2 is 2.20 bits per heavy atom. The van der Waals surface area contributed by atoms with E-state index in [1.54, 1.807) is 0 Å². The molecule has 0 aromatic carbocycles. The fourth-order valence-electron chi connectivity index (χ4n) is 2.05. The van der Waals surface area contributed by atoms with E-state index in [0.29, 0.717) is 12.1 Å². The molecule has 2 unspecified atom stereocenters. The van der Waals surface area contributed by atoms with Gasteiger partial charge < -0.3 is 15.2 Å². The number of nitrogens with one attached hydrogen (secondary N) is 1. The molecule has 3 nitrogen and oxygen atoms in total. The number of ether oxygens (including phenoxy) is 1. The van der Waals surface area contributed by atoms with Gasteiger partial charge in [0.25, 0.3) is 0 Å². The first-order valence-electron chi connectivity index (χ1n) is 5.98. The zero-order valence-electron chi connectivity index (χ0n) is 10.3. The Labute approximate surface area is 93.2 Å². The molecule has 1 aliphatic rings. The third-order valence-electron chi connectivity index (χ3n) is 3.06. The summed E-state index contributed by atoms with van der Waals surface area (Å²) in [6.07, 6.45) is 3.16. The van der Waals surface area contributed by atoms with Gasteiger partial charge in [-0.3, -0.25) is 0 Å². The first kappa shape index (κ1) is 12.9. The Morgan fingerprint density at radius 1 is 1.47 bits per heavy atom. The number of hydrogen-bond acceptors (Lipinski definition) is 3. The molecule has 0 aliphatic carbocycles. The summed E-state index contributed by atoms with van der Waals surface area (Å²) in [7, 11) is 0. The summed E-state index contributed by atoms with van der Waals surface area (Å²) in [6, 6.07) is 0.837. The van der Waals surface area contributed by atoms with Crippen LogP contribution >= 0.6 is 0 Å². The van der Waals surface area contributed by atoms with E-state index in [1.165, 1.54) is 6.42 Å². The molecular formula is C12H25NO2. The van der Waals surface area contributed by atoms with Gasteiger partial charge in [-0.05, 0) is 24.7 Å². The van der Waals surface area contributed by atoms with Gasteiger partial charge in [-0.1, -0.05) is 20.8 Å². The monoisotopic (exact) mass is 215 g/mol. The van der Waals surface area contributed by atoms with Crippen LogP contribution in [-0.4, -0.2) is 37.0 Å². The lowest BCUT2D eigenvalue weighted by atomic mass is 9.84. The molecule has 0 radical (unpaired) electrons. The SMILES string of the molecule is CC(C)(C)C(CCO)NC1CCCOC1. The molecule has 0 saturated carbocycles. The topological polar surface area (TPSA) is 41.5 Å². The summed E-state index contributed by atoms with van der Waals surface area (Å²) in [5.74, 6) is 0. The fourth-order valence-corrected chi connectivity index (χ4v) is 2.05. The van der Waals surface area contributed by atoms with Gasteiger partial charge in [0.05, 0.1) is 6.61 Å². The molecule has 0 amide bonds. The summed E-state index contributed by atoms with van der Waals surface area (Å²) in [4.78, 5) is 0. The first-order chi connectivity index (χ1) is 7.04. The lowest BCUT2D eigenvalue weighted by Crippen LogP contribution is -2.49. The van der Waals surface area contributed by atoms with Gasteiger partial charge in [0.2, 0.25) is 0 Å². The van der Waals surface area contributed by atoms with Gasteiger partial charge >= 0.3 is 0 Å². The number of aliphatic hydroxyl groups is 1. The zero-order chi connectivity index (χ0) is 11.3. The molecule has 2 N–H and O–H groups in total. The summed E-state index contributed by atoms with van der Waals surface area (Å²) in [6.45, 7) is 8.61. The molecule has 3 heteroatoms. The summed E-state index contributed by atoms with van der Waals surface area (Å²) in [5, 5.41) is 12.7. The van der Waals surface area contributed by atoms with Gasteiger partial charge in [0.15, 0.2) is 0 Å². The Balaban J connectivity index is 2.42. The smallest absolute Gasteiger partial charge is 0.0619 e. The van der Waals surface area contributed by atoms with Crippen LogP contribution < -0.4 is 5.32 Å². The van der Waals surface area contributed by atoms with E-state index in [9.17, 15) is 0 Å². The summed E-state index contributed by atoms with van der Waals surface area (Å²) >= 11 is 0. The summed E-state index contributed by atoms with van der Waals surface area (Å²) < 4.78 is 5.45. The van der Waals surface area contributed by atoms with Crippen molar-refractivity contribution in [1.82, 2.24) is 5.32 Å². The van der Waals surface area contributed by atoms with E-state index >= 15 is 0 Å². The predicted molar refractivity (Wildman–Crippen MR) is 61.9 cm³/mol. The van der Waals surface area contributed by atoms with Crippen molar-refractivity contribution in [3.05, 3.63) is 0 Å². The van der Waals surface area contributed by atoms with Crippen molar-refractivity contribution in [2.75, 3.05) is 19.8 Å². The van der Waals surface area contributed by atoms with E-state index < -0.39 is 0 Å². The predicted octanol–water partition coefficient (Wildman–Crippen LogP) is 1.55. The van der Waals surface area contributed by atoms with Crippen LogP contribution in [0.2, 0.25) is 0 Å². The maximum absolute atomic E-state index is 9.06. The third-order valence-corrected chi connectivity index (χ3v) is 3.06. The van der Waals surface area contributed by atoms with E-state index in [-0.39, 0.29) is 12.0 Å². The number of hydrogen-bond donors (Lipinski definition) is 2. The van der Waals surface area contributed by atoms with Crippen LogP contribution in [0.4, 0.5) is 0 Å². The molecule has 1 heterocycles. The zero-order valence-corrected chi connectivity index (χ0v) is 10.3. The first-order valence-corrected chi connectivity index (χ1v) is 5.98. The third kappa shape index (κ3) is 4.49. The number of aliphatic hydroxyl groups excluding tert-OH is 1. The van der Waals surface area contributed by atoms with Crippen molar-refractivity contribution in [3.8, 4) is 0 Å². The van der Waals surface area contributed by atoms with Crippen LogP contribution in [0.25, 0.3) is 0 Å². The van der Waals surface area contributed by atoms with Crippen molar-refractivity contribution in [2.45, 2.75) is 52.1 Å². The minimum absolute atomic E-state index is 0.195. The highest BCUT2D eigenvalue weighted by Gasteiger charge is 2.27. The molecule has 0 bridgehead atoms. The molecule has 1 aliphatic heterocycles. The molecule has 0 aromatic heterocycles. The normalized spacial score (nSPS) is 25.2. The number of rotatable bonds is 4. The van der Waals surface area contributed by atoms with Gasteiger partial charge in [-0.25, -0.2) is 0 Å². The molecule has 1 saturated heterocycles. The Bertz CT molecular complexity index is 171. The van der Waals surface area contributed by atoms with Crippen molar-refractivity contribution < 1.29 is 9.84 Å². The van der Waals surface area contributed by atoms with Gasteiger partial charge in [-0.2, -0.15) is 0 Å².